The quantitative estimate of drug-likeness (QED) is 0.375. The highest BCUT2D eigenvalue weighted by Crippen LogP contribution is 2.19. The van der Waals surface area contributed by atoms with E-state index in [4.69, 9.17) is 9.84 Å². The molecule has 0 unspecified atom stereocenters. The lowest BCUT2D eigenvalue weighted by molar-refractivity contribution is -0.236. The van der Waals surface area contributed by atoms with Gasteiger partial charge in [-0.1, -0.05) is 39.0 Å². The molecule has 120 valence electrons. The molecule has 1 fully saturated rings. The SMILES string of the molecule is CCCCCCCCN[C@H]1O[C@H](CO)[C@@H](O)[C@H](O)[C@H]1O. The molecule has 0 amide bonds. The zero-order chi connectivity index (χ0) is 15.0. The molecule has 1 saturated heterocycles. The van der Waals surface area contributed by atoms with Crippen LogP contribution in [0.4, 0.5) is 0 Å². The number of aliphatic hydroxyl groups excluding tert-OH is 4. The van der Waals surface area contributed by atoms with Gasteiger partial charge in [0.25, 0.3) is 0 Å². The third-order valence-corrected chi connectivity index (χ3v) is 3.77. The molecule has 1 aliphatic rings. The van der Waals surface area contributed by atoms with E-state index in [0.717, 1.165) is 12.8 Å². The average molecular weight is 291 g/mol. The van der Waals surface area contributed by atoms with Crippen LogP contribution in [0.25, 0.3) is 0 Å². The molecule has 0 saturated carbocycles. The average Bonchev–Trinajstić information content (AvgIpc) is 2.46. The topological polar surface area (TPSA) is 102 Å². The van der Waals surface area contributed by atoms with Gasteiger partial charge < -0.3 is 25.2 Å². The van der Waals surface area contributed by atoms with Crippen LogP contribution in [0, 0.1) is 0 Å². The molecular formula is C14H29NO5. The van der Waals surface area contributed by atoms with Gasteiger partial charge in [0.2, 0.25) is 0 Å². The summed E-state index contributed by atoms with van der Waals surface area (Å²) in [5.41, 5.74) is 0. The molecule has 0 radical (unpaired) electrons. The van der Waals surface area contributed by atoms with Crippen molar-refractivity contribution in [2.75, 3.05) is 13.2 Å². The van der Waals surface area contributed by atoms with Crippen LogP contribution < -0.4 is 5.32 Å². The number of hydrogen-bond acceptors (Lipinski definition) is 6. The van der Waals surface area contributed by atoms with Gasteiger partial charge in [-0.05, 0) is 13.0 Å². The van der Waals surface area contributed by atoms with E-state index in [9.17, 15) is 15.3 Å². The third-order valence-electron chi connectivity index (χ3n) is 3.77. The molecule has 5 N–H and O–H groups in total. The minimum atomic E-state index is -1.30. The van der Waals surface area contributed by atoms with E-state index in [-0.39, 0.29) is 6.61 Å². The van der Waals surface area contributed by atoms with E-state index in [1.807, 2.05) is 0 Å². The Balaban J connectivity index is 2.21. The van der Waals surface area contributed by atoms with Crippen molar-refractivity contribution < 1.29 is 25.2 Å². The standard InChI is InChI=1S/C14H29NO5/c1-2-3-4-5-6-7-8-15-14-13(19)12(18)11(17)10(9-16)20-14/h10-19H,2-9H2,1H3/t10-,11-,12+,13-,14+/m1/s1. The zero-order valence-corrected chi connectivity index (χ0v) is 12.2. The molecule has 1 aliphatic heterocycles. The molecule has 0 aromatic heterocycles. The summed E-state index contributed by atoms with van der Waals surface area (Å²) in [6.45, 7) is 2.47. The van der Waals surface area contributed by atoms with Gasteiger partial charge in [-0.2, -0.15) is 0 Å². The Kier molecular flexibility index (Phi) is 8.60. The van der Waals surface area contributed by atoms with Crippen molar-refractivity contribution in [3.63, 3.8) is 0 Å². The molecular weight excluding hydrogens is 262 g/mol. The minimum Gasteiger partial charge on any atom is -0.394 e. The molecule has 6 nitrogen and oxygen atoms in total. The first-order valence-electron chi connectivity index (χ1n) is 7.65. The molecule has 1 heterocycles. The Bertz CT molecular complexity index is 252. The second-order valence-electron chi connectivity index (χ2n) is 5.47. The van der Waals surface area contributed by atoms with Crippen molar-refractivity contribution in [2.45, 2.75) is 76.1 Å². The highest BCUT2D eigenvalue weighted by atomic mass is 16.6. The third kappa shape index (κ3) is 5.27. The van der Waals surface area contributed by atoms with Gasteiger partial charge >= 0.3 is 0 Å². The smallest absolute Gasteiger partial charge is 0.137 e. The normalized spacial score (nSPS) is 34.4. The number of nitrogens with one attached hydrogen (secondary N) is 1. The van der Waals surface area contributed by atoms with Crippen LogP contribution in [-0.4, -0.2) is 64.2 Å². The maximum absolute atomic E-state index is 9.81. The Morgan fingerprint density at radius 1 is 0.900 bits per heavy atom. The Labute approximate surface area is 120 Å². The Morgan fingerprint density at radius 2 is 1.55 bits per heavy atom. The maximum atomic E-state index is 9.81. The first kappa shape index (κ1) is 17.8. The summed E-state index contributed by atoms with van der Waals surface area (Å²) in [5.74, 6) is 0. The molecule has 0 aliphatic carbocycles. The van der Waals surface area contributed by atoms with Crippen molar-refractivity contribution in [3.05, 3.63) is 0 Å². The molecule has 20 heavy (non-hydrogen) atoms. The van der Waals surface area contributed by atoms with E-state index in [2.05, 4.69) is 12.2 Å². The lowest BCUT2D eigenvalue weighted by Gasteiger charge is -2.40. The number of aliphatic hydroxyl groups is 4. The Morgan fingerprint density at radius 3 is 2.20 bits per heavy atom. The monoisotopic (exact) mass is 291 g/mol. The summed E-state index contributed by atoms with van der Waals surface area (Å²) in [4.78, 5) is 0. The highest BCUT2D eigenvalue weighted by Gasteiger charge is 2.42. The van der Waals surface area contributed by atoms with E-state index in [0.29, 0.717) is 6.54 Å². The fourth-order valence-electron chi connectivity index (χ4n) is 2.42. The predicted molar refractivity (Wildman–Crippen MR) is 75.1 cm³/mol. The van der Waals surface area contributed by atoms with Crippen molar-refractivity contribution in [2.24, 2.45) is 0 Å². The van der Waals surface area contributed by atoms with Crippen LogP contribution in [-0.2, 0) is 4.74 Å². The van der Waals surface area contributed by atoms with Gasteiger partial charge in [-0.25, -0.2) is 0 Å². The largest absolute Gasteiger partial charge is 0.394 e. The number of unbranched alkanes of at least 4 members (excludes halogenated alkanes) is 5. The number of hydrogen-bond donors (Lipinski definition) is 5. The summed E-state index contributed by atoms with van der Waals surface area (Å²) in [5, 5.41) is 41.2. The van der Waals surface area contributed by atoms with Gasteiger partial charge in [0.1, 0.15) is 30.6 Å². The van der Waals surface area contributed by atoms with Crippen molar-refractivity contribution in [3.8, 4) is 0 Å². The number of rotatable bonds is 9. The van der Waals surface area contributed by atoms with E-state index < -0.39 is 30.6 Å². The highest BCUT2D eigenvalue weighted by molar-refractivity contribution is 4.90. The lowest BCUT2D eigenvalue weighted by atomic mass is 9.98. The predicted octanol–water partition coefficient (Wildman–Crippen LogP) is -0.264. The molecule has 1 rings (SSSR count). The van der Waals surface area contributed by atoms with Crippen LogP contribution in [0.15, 0.2) is 0 Å². The molecule has 5 atom stereocenters. The summed E-state index contributed by atoms with van der Waals surface area (Å²) in [6, 6.07) is 0. The van der Waals surface area contributed by atoms with Gasteiger partial charge in [-0.15, -0.1) is 0 Å². The summed E-state index contributed by atoms with van der Waals surface area (Å²) in [6.07, 6.45) is 1.65. The second kappa shape index (κ2) is 9.65. The maximum Gasteiger partial charge on any atom is 0.137 e. The van der Waals surface area contributed by atoms with Crippen molar-refractivity contribution in [1.82, 2.24) is 5.32 Å². The molecule has 0 bridgehead atoms. The molecule has 0 aromatic carbocycles. The van der Waals surface area contributed by atoms with Crippen molar-refractivity contribution in [1.29, 1.82) is 0 Å². The zero-order valence-electron chi connectivity index (χ0n) is 12.2. The summed E-state index contributed by atoms with van der Waals surface area (Å²) < 4.78 is 5.35. The van der Waals surface area contributed by atoms with E-state index in [1.165, 1.54) is 25.7 Å². The minimum absolute atomic E-state index is 0.389. The molecule has 6 heteroatoms. The van der Waals surface area contributed by atoms with Crippen LogP contribution in [0.1, 0.15) is 45.4 Å². The fourth-order valence-corrected chi connectivity index (χ4v) is 2.42. The van der Waals surface area contributed by atoms with Crippen LogP contribution in [0.2, 0.25) is 0 Å². The van der Waals surface area contributed by atoms with Crippen molar-refractivity contribution >= 4 is 0 Å². The fraction of sp³-hybridized carbons (Fsp3) is 1.00. The molecule has 0 spiro atoms. The van der Waals surface area contributed by atoms with E-state index >= 15 is 0 Å². The van der Waals surface area contributed by atoms with Gasteiger partial charge in [0.15, 0.2) is 0 Å². The van der Waals surface area contributed by atoms with Crippen LogP contribution in [0.5, 0.6) is 0 Å². The molecule has 0 aromatic rings. The van der Waals surface area contributed by atoms with Gasteiger partial charge in [0.05, 0.1) is 6.61 Å². The second-order valence-corrected chi connectivity index (χ2v) is 5.47. The van der Waals surface area contributed by atoms with E-state index in [1.54, 1.807) is 0 Å². The van der Waals surface area contributed by atoms with Crippen LogP contribution >= 0.6 is 0 Å². The summed E-state index contributed by atoms with van der Waals surface area (Å²) >= 11 is 0. The van der Waals surface area contributed by atoms with Gasteiger partial charge in [-0.3, -0.25) is 5.32 Å². The van der Waals surface area contributed by atoms with Crippen LogP contribution in [0.3, 0.4) is 0 Å². The van der Waals surface area contributed by atoms with Gasteiger partial charge in [0, 0.05) is 0 Å². The first-order valence-corrected chi connectivity index (χ1v) is 7.65. The lowest BCUT2D eigenvalue weighted by Crippen LogP contribution is -2.62. The summed E-state index contributed by atoms with van der Waals surface area (Å²) in [7, 11) is 0. The number of ether oxygens (including phenoxy) is 1. The first-order chi connectivity index (χ1) is 9.61. The Hall–Kier alpha value is -0.240.